The third-order valence-corrected chi connectivity index (χ3v) is 6.74. The highest BCUT2D eigenvalue weighted by Gasteiger charge is 2.40. The smallest absolute Gasteiger partial charge is 0.425 e. The van der Waals surface area contributed by atoms with E-state index in [0.29, 0.717) is 18.8 Å². The maximum Gasteiger partial charge on any atom is 0.425 e. The number of methoxy groups -OCH3 is 3. The molecule has 0 bridgehead atoms. The van der Waals surface area contributed by atoms with Crippen molar-refractivity contribution in [3.8, 4) is 17.4 Å². The Morgan fingerprint density at radius 3 is 2.26 bits per heavy atom. The Labute approximate surface area is 224 Å². The van der Waals surface area contributed by atoms with E-state index < -0.39 is 35.4 Å². The monoisotopic (exact) mass is 554 g/mol. The number of aromatic nitrogens is 1. The summed E-state index contributed by atoms with van der Waals surface area (Å²) in [6.45, 7) is 2.27. The van der Waals surface area contributed by atoms with Crippen LogP contribution < -0.4 is 14.4 Å². The number of nitrogens with zero attached hydrogens (tertiary/aromatic N) is 2. The molecular weight excluding hydrogens is 521 g/mol. The molecule has 1 aliphatic rings. The molecule has 0 aliphatic heterocycles. The summed E-state index contributed by atoms with van der Waals surface area (Å²) < 4.78 is 62.1. The number of alkyl halides is 3. The van der Waals surface area contributed by atoms with E-state index in [1.165, 1.54) is 31.3 Å². The fourth-order valence-corrected chi connectivity index (χ4v) is 4.79. The van der Waals surface area contributed by atoms with Gasteiger partial charge in [0.2, 0.25) is 11.8 Å². The van der Waals surface area contributed by atoms with Gasteiger partial charge in [0.15, 0.2) is 5.56 Å². The molecule has 214 valence electrons. The molecule has 0 radical (unpaired) electrons. The quantitative estimate of drug-likeness (QED) is 0.392. The topological polar surface area (TPSA) is 107 Å². The first-order valence-electron chi connectivity index (χ1n) is 12.5. The number of anilines is 1. The van der Waals surface area contributed by atoms with Crippen LogP contribution in [0.5, 0.6) is 17.4 Å². The van der Waals surface area contributed by atoms with Crippen LogP contribution in [-0.4, -0.2) is 62.6 Å². The van der Waals surface area contributed by atoms with Crippen LogP contribution in [0, 0.1) is 11.8 Å². The van der Waals surface area contributed by atoms with Gasteiger partial charge in [-0.3, -0.25) is 4.79 Å². The van der Waals surface area contributed by atoms with Gasteiger partial charge < -0.3 is 29.0 Å². The minimum atomic E-state index is -4.85. The van der Waals surface area contributed by atoms with E-state index in [0.717, 1.165) is 38.3 Å². The molecule has 1 aromatic carbocycles. The van der Waals surface area contributed by atoms with Crippen molar-refractivity contribution in [2.75, 3.05) is 39.4 Å². The lowest BCUT2D eigenvalue weighted by Crippen LogP contribution is -2.49. The van der Waals surface area contributed by atoms with Gasteiger partial charge in [-0.1, -0.05) is 6.92 Å². The molecule has 1 aromatic heterocycles. The maximum atomic E-state index is 13.8. The van der Waals surface area contributed by atoms with E-state index in [4.69, 9.17) is 18.9 Å². The molecule has 1 heterocycles. The summed E-state index contributed by atoms with van der Waals surface area (Å²) in [6, 6.07) is 4.10. The zero-order chi connectivity index (χ0) is 28.7. The molecule has 1 fully saturated rings. The Morgan fingerprint density at radius 1 is 1.08 bits per heavy atom. The lowest BCUT2D eigenvalue weighted by atomic mass is 9.82. The summed E-state index contributed by atoms with van der Waals surface area (Å²) in [4.78, 5) is 31.2. The number of hydrogen-bond acceptors (Lipinski definition) is 7. The largest absolute Gasteiger partial charge is 0.496 e. The number of pyridine rings is 1. The highest BCUT2D eigenvalue weighted by Crippen LogP contribution is 2.43. The second kappa shape index (κ2) is 13.1. The number of benzene rings is 1. The molecule has 1 aliphatic carbocycles. The van der Waals surface area contributed by atoms with E-state index in [1.807, 2.05) is 0 Å². The van der Waals surface area contributed by atoms with Crippen molar-refractivity contribution >= 4 is 17.6 Å². The molecule has 3 rings (SSSR count). The summed E-state index contributed by atoms with van der Waals surface area (Å²) in [5.74, 6) is -2.98. The van der Waals surface area contributed by atoms with Crippen molar-refractivity contribution in [3.05, 3.63) is 41.6 Å². The van der Waals surface area contributed by atoms with E-state index in [-0.39, 0.29) is 42.0 Å². The molecule has 12 heteroatoms. The van der Waals surface area contributed by atoms with Gasteiger partial charge in [0.1, 0.15) is 11.5 Å². The van der Waals surface area contributed by atoms with Gasteiger partial charge in [-0.2, -0.15) is 13.2 Å². The van der Waals surface area contributed by atoms with Gasteiger partial charge in [-0.05, 0) is 55.9 Å². The lowest BCUT2D eigenvalue weighted by molar-refractivity contribution is -0.140. The van der Waals surface area contributed by atoms with E-state index in [1.54, 1.807) is 0 Å². The number of carbonyl (C=O) groups is 2. The second-order valence-corrected chi connectivity index (χ2v) is 9.51. The molecule has 0 spiro atoms. The zero-order valence-corrected chi connectivity index (χ0v) is 22.3. The zero-order valence-electron chi connectivity index (χ0n) is 22.3. The molecule has 2 aromatic rings. The number of amides is 1. The predicted octanol–water partition coefficient (Wildman–Crippen LogP) is 5.42. The van der Waals surface area contributed by atoms with E-state index in [2.05, 4.69) is 11.9 Å². The van der Waals surface area contributed by atoms with Gasteiger partial charge in [-0.25, -0.2) is 9.78 Å². The van der Waals surface area contributed by atoms with Gasteiger partial charge in [-0.15, -0.1) is 0 Å². The molecule has 1 N–H and O–H groups in total. The highest BCUT2D eigenvalue weighted by molar-refractivity contribution is 6.03. The summed E-state index contributed by atoms with van der Waals surface area (Å²) in [6.07, 6.45) is -0.697. The van der Waals surface area contributed by atoms with Crippen LogP contribution in [0.4, 0.5) is 18.9 Å². The van der Waals surface area contributed by atoms with Crippen LogP contribution in [0.2, 0.25) is 0 Å². The van der Waals surface area contributed by atoms with Crippen LogP contribution in [-0.2, 0) is 20.4 Å². The summed E-state index contributed by atoms with van der Waals surface area (Å²) in [7, 11) is 4.00. The number of carboxylic acid groups (broad SMARTS) is 1. The van der Waals surface area contributed by atoms with Crippen LogP contribution in [0.1, 0.15) is 48.5 Å². The average Bonchev–Trinajstić information content (AvgIpc) is 2.89. The second-order valence-electron chi connectivity index (χ2n) is 9.51. The first-order valence-corrected chi connectivity index (χ1v) is 12.5. The Kier molecular flexibility index (Phi) is 10.1. The van der Waals surface area contributed by atoms with Crippen LogP contribution in [0.25, 0.3) is 0 Å². The third kappa shape index (κ3) is 7.18. The first kappa shape index (κ1) is 30.2. The fourth-order valence-electron chi connectivity index (χ4n) is 4.79. The Balaban J connectivity index is 2.07. The van der Waals surface area contributed by atoms with Crippen LogP contribution >= 0.6 is 0 Å². The van der Waals surface area contributed by atoms with Crippen LogP contribution in [0.15, 0.2) is 30.5 Å². The van der Waals surface area contributed by atoms with Gasteiger partial charge in [0, 0.05) is 26.3 Å². The number of aromatic carboxylic acids is 1. The number of hydrogen-bond donors (Lipinski definition) is 1. The number of halogens is 3. The highest BCUT2D eigenvalue weighted by atomic mass is 19.4. The van der Waals surface area contributed by atoms with Gasteiger partial charge in [0.05, 0.1) is 37.6 Å². The molecule has 0 saturated heterocycles. The van der Waals surface area contributed by atoms with Crippen molar-refractivity contribution in [2.24, 2.45) is 11.8 Å². The summed E-state index contributed by atoms with van der Waals surface area (Å²) in [5.41, 5.74) is -1.51. The molecule has 1 amide bonds. The van der Waals surface area contributed by atoms with Crippen LogP contribution in [0.3, 0.4) is 0 Å². The summed E-state index contributed by atoms with van der Waals surface area (Å²) >= 11 is 0. The molecule has 0 atom stereocenters. The van der Waals surface area contributed by atoms with E-state index >= 15 is 0 Å². The van der Waals surface area contributed by atoms with Crippen molar-refractivity contribution in [1.29, 1.82) is 0 Å². The van der Waals surface area contributed by atoms with Gasteiger partial charge in [0.25, 0.3) is 0 Å². The third-order valence-electron chi connectivity index (χ3n) is 6.74. The fraction of sp³-hybridized carbons (Fsp3) is 0.519. The van der Waals surface area contributed by atoms with Crippen molar-refractivity contribution < 1.29 is 46.8 Å². The maximum absolute atomic E-state index is 13.8. The number of carbonyl (C=O) groups excluding carboxylic acids is 1. The molecule has 1 saturated carbocycles. The van der Waals surface area contributed by atoms with Crippen molar-refractivity contribution in [3.63, 3.8) is 0 Å². The van der Waals surface area contributed by atoms with Gasteiger partial charge >= 0.3 is 12.1 Å². The molecule has 9 nitrogen and oxygen atoms in total. The average molecular weight is 555 g/mol. The Morgan fingerprint density at radius 2 is 1.72 bits per heavy atom. The number of rotatable bonds is 11. The minimum Gasteiger partial charge on any atom is -0.496 e. The minimum absolute atomic E-state index is 0.0622. The standard InChI is InChI=1S/C27H33F3N2O7/c1-16-5-7-17(8-6-16)25(33)32(18(14-36-2)15-37-3)21-10-9-19(13-20(21)26(34)35)39-24-23(27(28,29)30)22(38-4)11-12-31-24/h9-13,16-18H,5-8,14-15H2,1-4H3,(H,34,35). The van der Waals surface area contributed by atoms with E-state index in [9.17, 15) is 27.9 Å². The van der Waals surface area contributed by atoms with Crippen molar-refractivity contribution in [1.82, 2.24) is 4.98 Å². The predicted molar refractivity (Wildman–Crippen MR) is 135 cm³/mol. The first-order chi connectivity index (χ1) is 18.5. The lowest BCUT2D eigenvalue weighted by Gasteiger charge is -2.36. The Hall–Kier alpha value is -3.38. The SMILES string of the molecule is COCC(COC)N(C(=O)C1CCC(C)CC1)c1ccc(Oc2nccc(OC)c2C(F)(F)F)cc1C(=O)O. The van der Waals surface area contributed by atoms with Crippen molar-refractivity contribution in [2.45, 2.75) is 44.8 Å². The molecule has 0 unspecified atom stereocenters. The normalized spacial score (nSPS) is 17.6. The molecule has 39 heavy (non-hydrogen) atoms. The molecular formula is C27H33F3N2O7. The summed E-state index contributed by atoms with van der Waals surface area (Å²) in [5, 5.41) is 10.1. The number of ether oxygens (including phenoxy) is 4. The number of carboxylic acids is 1. The Bertz CT molecular complexity index is 1140.